The minimum atomic E-state index is -0.127. The standard InChI is InChI=1S/C55H36/c1-55(2)49-29-38(47-27-39-10-4-8-32-12-14-34-9-5-11-45(47)53(34)52(32)39)20-22-44(49)48-28-41-24-36-16-17-37(25-40(36)26-42(41)30-50(48)55)43-21-18-35-15-13-31-6-3-7-33-19-23-46(43)54(35)51(31)33/h3-14,16-30,51H,15H2,1-2H3. The second-order valence-electron chi connectivity index (χ2n) is 16.8. The molecule has 0 amide bonds. The zero-order valence-electron chi connectivity index (χ0n) is 30.9. The van der Waals surface area contributed by atoms with Crippen LogP contribution < -0.4 is 0 Å². The highest BCUT2D eigenvalue weighted by molar-refractivity contribution is 6.26. The van der Waals surface area contributed by atoms with E-state index >= 15 is 0 Å². The summed E-state index contributed by atoms with van der Waals surface area (Å²) in [7, 11) is 0. The molecule has 1 atom stereocenters. The molecule has 0 N–H and O–H groups in total. The van der Waals surface area contributed by atoms with Gasteiger partial charge in [0.1, 0.15) is 0 Å². The van der Waals surface area contributed by atoms with Crippen molar-refractivity contribution in [1.82, 2.24) is 0 Å². The van der Waals surface area contributed by atoms with Crippen LogP contribution >= 0.6 is 0 Å². The molecule has 0 heteroatoms. The van der Waals surface area contributed by atoms with Gasteiger partial charge in [-0.15, -0.1) is 0 Å². The lowest BCUT2D eigenvalue weighted by Crippen LogP contribution is -2.17. The van der Waals surface area contributed by atoms with Crippen LogP contribution in [0.4, 0.5) is 0 Å². The van der Waals surface area contributed by atoms with E-state index in [0.29, 0.717) is 5.92 Å². The number of fused-ring (bicyclic) bond motifs is 5. The molecule has 9 aromatic rings. The summed E-state index contributed by atoms with van der Waals surface area (Å²) in [5.74, 6) is 0.365. The molecule has 0 fully saturated rings. The molecule has 1 unspecified atom stereocenters. The maximum absolute atomic E-state index is 2.49. The summed E-state index contributed by atoms with van der Waals surface area (Å²) in [5.41, 5.74) is 17.8. The van der Waals surface area contributed by atoms with E-state index in [2.05, 4.69) is 178 Å². The fourth-order valence-electron chi connectivity index (χ4n) is 10.9. The molecule has 0 spiro atoms. The Kier molecular flexibility index (Phi) is 5.64. The second-order valence-corrected chi connectivity index (χ2v) is 16.8. The molecule has 0 aliphatic heterocycles. The Balaban J connectivity index is 0.930. The van der Waals surface area contributed by atoms with E-state index in [4.69, 9.17) is 0 Å². The number of allylic oxidation sites excluding steroid dienone is 7. The van der Waals surface area contributed by atoms with Crippen molar-refractivity contribution in [3.63, 3.8) is 0 Å². The molecule has 4 aliphatic carbocycles. The van der Waals surface area contributed by atoms with Gasteiger partial charge in [-0.3, -0.25) is 0 Å². The van der Waals surface area contributed by atoms with Crippen LogP contribution in [0, 0.1) is 0 Å². The zero-order chi connectivity index (χ0) is 36.2. The molecule has 256 valence electrons. The number of rotatable bonds is 2. The van der Waals surface area contributed by atoms with E-state index in [1.165, 1.54) is 126 Å². The normalized spacial score (nSPS) is 17.2. The summed E-state index contributed by atoms with van der Waals surface area (Å²) >= 11 is 0. The van der Waals surface area contributed by atoms with Crippen LogP contribution in [0.15, 0.2) is 169 Å². The maximum Gasteiger partial charge on any atom is 0.0345 e. The van der Waals surface area contributed by atoms with Gasteiger partial charge in [0.15, 0.2) is 0 Å². The van der Waals surface area contributed by atoms with E-state index < -0.39 is 0 Å². The Morgan fingerprint density at radius 1 is 0.491 bits per heavy atom. The summed E-state index contributed by atoms with van der Waals surface area (Å²) in [6, 6.07) is 49.3. The predicted octanol–water partition coefficient (Wildman–Crippen LogP) is 14.6. The Morgan fingerprint density at radius 3 is 2.13 bits per heavy atom. The Hall–Kier alpha value is -6.50. The van der Waals surface area contributed by atoms with Crippen molar-refractivity contribution in [3.05, 3.63) is 197 Å². The van der Waals surface area contributed by atoms with Crippen molar-refractivity contribution < 1.29 is 0 Å². The number of benzene rings is 9. The third-order valence-corrected chi connectivity index (χ3v) is 13.6. The zero-order valence-corrected chi connectivity index (χ0v) is 30.9. The van der Waals surface area contributed by atoms with Gasteiger partial charge in [0.25, 0.3) is 0 Å². The minimum absolute atomic E-state index is 0.127. The average molecular weight is 697 g/mol. The van der Waals surface area contributed by atoms with Crippen LogP contribution in [0.1, 0.15) is 47.6 Å². The molecule has 9 aromatic carbocycles. The van der Waals surface area contributed by atoms with Crippen molar-refractivity contribution in [3.8, 4) is 33.4 Å². The summed E-state index contributed by atoms with van der Waals surface area (Å²) in [6.07, 6.45) is 14.9. The quantitative estimate of drug-likeness (QED) is 0.125. The molecule has 0 saturated heterocycles. The maximum atomic E-state index is 2.49. The van der Waals surface area contributed by atoms with Gasteiger partial charge in [-0.2, -0.15) is 0 Å². The first-order valence-corrected chi connectivity index (χ1v) is 19.7. The Labute approximate surface area is 320 Å². The molecule has 0 bridgehead atoms. The average Bonchev–Trinajstić information content (AvgIpc) is 3.44. The van der Waals surface area contributed by atoms with E-state index in [0.717, 1.165) is 6.42 Å². The topological polar surface area (TPSA) is 0 Å². The summed E-state index contributed by atoms with van der Waals surface area (Å²) in [5, 5.41) is 13.2. The van der Waals surface area contributed by atoms with Gasteiger partial charge in [0.2, 0.25) is 0 Å². The Bertz CT molecular complexity index is 3360. The highest BCUT2D eigenvalue weighted by atomic mass is 14.4. The number of hydrogen-bond acceptors (Lipinski definition) is 0. The van der Waals surface area contributed by atoms with Crippen molar-refractivity contribution in [2.75, 3.05) is 0 Å². The van der Waals surface area contributed by atoms with Crippen LogP contribution in [0.3, 0.4) is 0 Å². The molecule has 0 saturated carbocycles. The van der Waals surface area contributed by atoms with Crippen LogP contribution in [-0.2, 0) is 11.8 Å². The number of hydrogen-bond donors (Lipinski definition) is 0. The van der Waals surface area contributed by atoms with Crippen LogP contribution in [0.5, 0.6) is 0 Å². The largest absolute Gasteiger partial charge is 0.0759 e. The second kappa shape index (κ2) is 10.4. The van der Waals surface area contributed by atoms with Crippen LogP contribution in [0.2, 0.25) is 0 Å². The molecule has 0 radical (unpaired) electrons. The smallest absolute Gasteiger partial charge is 0.0345 e. The fourth-order valence-corrected chi connectivity index (χ4v) is 10.9. The molecule has 4 aliphatic rings. The highest BCUT2D eigenvalue weighted by Gasteiger charge is 2.36. The van der Waals surface area contributed by atoms with Crippen LogP contribution in [0.25, 0.3) is 93.3 Å². The molecular formula is C55H36. The van der Waals surface area contributed by atoms with Gasteiger partial charge in [-0.05, 0) is 175 Å². The van der Waals surface area contributed by atoms with E-state index in [-0.39, 0.29) is 5.41 Å². The first kappa shape index (κ1) is 29.9. The third-order valence-electron chi connectivity index (χ3n) is 13.6. The van der Waals surface area contributed by atoms with Gasteiger partial charge < -0.3 is 0 Å². The molecular weight excluding hydrogens is 661 g/mol. The van der Waals surface area contributed by atoms with Gasteiger partial charge in [-0.1, -0.05) is 135 Å². The lowest BCUT2D eigenvalue weighted by molar-refractivity contribution is 0.661. The fraction of sp³-hybridized carbons (Fsp3) is 0.0909. The first-order valence-electron chi connectivity index (χ1n) is 19.7. The van der Waals surface area contributed by atoms with Crippen LogP contribution in [-0.4, -0.2) is 0 Å². The van der Waals surface area contributed by atoms with Crippen molar-refractivity contribution >= 4 is 59.9 Å². The van der Waals surface area contributed by atoms with Crippen molar-refractivity contribution in [1.29, 1.82) is 0 Å². The molecule has 0 heterocycles. The van der Waals surface area contributed by atoms with E-state index in [1.54, 1.807) is 0 Å². The SMILES string of the molecule is CC1(C)c2cc(-c3cc4cccc5ccc6cccc3c6c54)ccc2-c2cc3cc4ccc(-c5ccc6c7c5C=CC5=CC=CC(=CC6)C57)cc4cc3cc21. The van der Waals surface area contributed by atoms with Gasteiger partial charge in [-0.25, -0.2) is 0 Å². The minimum Gasteiger partial charge on any atom is -0.0759 e. The molecule has 13 rings (SSSR count). The van der Waals surface area contributed by atoms with E-state index in [1.807, 2.05) is 0 Å². The third kappa shape index (κ3) is 3.96. The summed E-state index contributed by atoms with van der Waals surface area (Å²) < 4.78 is 0. The molecule has 0 nitrogen and oxygen atoms in total. The summed E-state index contributed by atoms with van der Waals surface area (Å²) in [4.78, 5) is 0. The lowest BCUT2D eigenvalue weighted by atomic mass is 9.70. The monoisotopic (exact) mass is 696 g/mol. The van der Waals surface area contributed by atoms with Crippen molar-refractivity contribution in [2.45, 2.75) is 31.6 Å². The van der Waals surface area contributed by atoms with Gasteiger partial charge >= 0.3 is 0 Å². The molecule has 0 aromatic heterocycles. The lowest BCUT2D eigenvalue weighted by Gasteiger charge is -2.34. The van der Waals surface area contributed by atoms with Gasteiger partial charge in [0, 0.05) is 11.3 Å². The summed E-state index contributed by atoms with van der Waals surface area (Å²) in [6.45, 7) is 4.83. The first-order chi connectivity index (χ1) is 27.0. The van der Waals surface area contributed by atoms with Crippen molar-refractivity contribution in [2.24, 2.45) is 0 Å². The van der Waals surface area contributed by atoms with E-state index in [9.17, 15) is 0 Å². The molecule has 55 heavy (non-hydrogen) atoms. The Morgan fingerprint density at radius 2 is 1.20 bits per heavy atom. The predicted molar refractivity (Wildman–Crippen MR) is 234 cm³/mol. The highest BCUT2D eigenvalue weighted by Crippen LogP contribution is 2.53. The van der Waals surface area contributed by atoms with Gasteiger partial charge in [0.05, 0.1) is 0 Å².